The highest BCUT2D eigenvalue weighted by atomic mass is 15.3. The van der Waals surface area contributed by atoms with Gasteiger partial charge in [0.25, 0.3) is 0 Å². The van der Waals surface area contributed by atoms with Crippen molar-refractivity contribution >= 4 is 5.82 Å². The Morgan fingerprint density at radius 1 is 1.20 bits per heavy atom. The number of hydrogen-bond acceptors (Lipinski definition) is 5. The summed E-state index contributed by atoms with van der Waals surface area (Å²) in [5.74, 6) is 0.871. The molecule has 0 saturated carbocycles. The molecule has 2 rings (SSSR count). The average Bonchev–Trinajstić information content (AvgIpc) is 2.44. The molecule has 5 heteroatoms. The fourth-order valence-corrected chi connectivity index (χ4v) is 2.65. The van der Waals surface area contributed by atoms with Crippen molar-refractivity contribution in [2.45, 2.75) is 45.8 Å². The Morgan fingerprint density at radius 3 is 2.45 bits per heavy atom. The van der Waals surface area contributed by atoms with Gasteiger partial charge in [0.15, 0.2) is 0 Å². The lowest BCUT2D eigenvalue weighted by molar-refractivity contribution is 0.0549. The van der Waals surface area contributed by atoms with Gasteiger partial charge in [0.05, 0.1) is 18.1 Å². The van der Waals surface area contributed by atoms with Crippen LogP contribution in [-0.2, 0) is 6.54 Å². The van der Waals surface area contributed by atoms with E-state index in [9.17, 15) is 0 Å². The molecule has 0 bridgehead atoms. The second-order valence-electron chi connectivity index (χ2n) is 5.88. The van der Waals surface area contributed by atoms with Gasteiger partial charge in [0, 0.05) is 38.3 Å². The summed E-state index contributed by atoms with van der Waals surface area (Å²) >= 11 is 0. The van der Waals surface area contributed by atoms with Crippen LogP contribution in [0.3, 0.4) is 0 Å². The largest absolute Gasteiger partial charge is 0.369 e. The first-order valence-corrected chi connectivity index (χ1v) is 7.59. The Labute approximate surface area is 122 Å². The van der Waals surface area contributed by atoms with E-state index in [0.717, 1.165) is 44.1 Å². The highest BCUT2D eigenvalue weighted by Gasteiger charge is 2.26. The monoisotopic (exact) mass is 277 g/mol. The number of nitrogens with zero attached hydrogens (tertiary/aromatic N) is 4. The van der Waals surface area contributed by atoms with E-state index >= 15 is 0 Å². The van der Waals surface area contributed by atoms with Gasteiger partial charge in [-0.3, -0.25) is 14.8 Å². The van der Waals surface area contributed by atoms with E-state index in [2.05, 4.69) is 52.9 Å². The third-order valence-electron chi connectivity index (χ3n) is 4.08. The van der Waals surface area contributed by atoms with Crippen LogP contribution in [0.5, 0.6) is 0 Å². The molecule has 20 heavy (non-hydrogen) atoms. The van der Waals surface area contributed by atoms with Crippen LogP contribution < -0.4 is 5.32 Å². The van der Waals surface area contributed by atoms with Gasteiger partial charge in [0.1, 0.15) is 5.82 Å². The summed E-state index contributed by atoms with van der Waals surface area (Å²) in [6.45, 7) is 10.7. The van der Waals surface area contributed by atoms with E-state index in [1.807, 2.05) is 12.4 Å². The van der Waals surface area contributed by atoms with Crippen molar-refractivity contribution in [2.24, 2.45) is 0 Å². The summed E-state index contributed by atoms with van der Waals surface area (Å²) in [6.07, 6.45) is 4.83. The predicted molar refractivity (Wildman–Crippen MR) is 82.8 cm³/mol. The second-order valence-corrected chi connectivity index (χ2v) is 5.88. The first kappa shape index (κ1) is 15.2. The normalized spacial score (nSPS) is 24.8. The van der Waals surface area contributed by atoms with E-state index in [-0.39, 0.29) is 0 Å². The Hall–Kier alpha value is -1.20. The predicted octanol–water partition coefficient (Wildman–Crippen LogP) is 1.82. The molecule has 0 spiro atoms. The van der Waals surface area contributed by atoms with Crippen molar-refractivity contribution in [1.82, 2.24) is 19.8 Å². The number of rotatable bonds is 5. The maximum atomic E-state index is 4.51. The molecular weight excluding hydrogens is 250 g/mol. The SMILES string of the molecule is CCCNc1cnc(CN2CC(C)N(C)C(C)C2)cn1. The lowest BCUT2D eigenvalue weighted by atomic mass is 10.1. The Bertz CT molecular complexity index is 393. The first-order chi connectivity index (χ1) is 9.60. The topological polar surface area (TPSA) is 44.3 Å². The van der Waals surface area contributed by atoms with Crippen molar-refractivity contribution in [3.8, 4) is 0 Å². The molecule has 1 saturated heterocycles. The van der Waals surface area contributed by atoms with Crippen molar-refractivity contribution in [2.75, 3.05) is 32.0 Å². The molecule has 1 aliphatic heterocycles. The van der Waals surface area contributed by atoms with Gasteiger partial charge in [-0.05, 0) is 27.3 Å². The zero-order chi connectivity index (χ0) is 14.5. The third kappa shape index (κ3) is 3.90. The molecular formula is C15H27N5. The molecule has 1 aromatic heterocycles. The Kier molecular flexibility index (Phi) is 5.31. The number of aromatic nitrogens is 2. The number of hydrogen-bond donors (Lipinski definition) is 1. The molecule has 0 amide bonds. The maximum Gasteiger partial charge on any atom is 0.144 e. The van der Waals surface area contributed by atoms with Crippen LogP contribution in [0.2, 0.25) is 0 Å². The number of anilines is 1. The van der Waals surface area contributed by atoms with Crippen LogP contribution in [0, 0.1) is 0 Å². The molecule has 1 aromatic rings. The quantitative estimate of drug-likeness (QED) is 0.889. The van der Waals surface area contributed by atoms with Crippen LogP contribution in [0.25, 0.3) is 0 Å². The van der Waals surface area contributed by atoms with Gasteiger partial charge in [-0.1, -0.05) is 6.92 Å². The van der Waals surface area contributed by atoms with Crippen molar-refractivity contribution < 1.29 is 0 Å². The summed E-state index contributed by atoms with van der Waals surface area (Å²) in [5, 5.41) is 3.25. The van der Waals surface area contributed by atoms with Gasteiger partial charge in [-0.15, -0.1) is 0 Å². The van der Waals surface area contributed by atoms with Gasteiger partial charge >= 0.3 is 0 Å². The standard InChI is InChI=1S/C15H27N5/c1-5-6-16-15-8-17-14(7-18-15)11-20-9-12(2)19(4)13(3)10-20/h7-8,12-13H,5-6,9-11H2,1-4H3,(H,16,18). The minimum absolute atomic E-state index is 0.595. The minimum Gasteiger partial charge on any atom is -0.369 e. The van der Waals surface area contributed by atoms with Gasteiger partial charge in [0.2, 0.25) is 0 Å². The molecule has 5 nitrogen and oxygen atoms in total. The van der Waals surface area contributed by atoms with Crippen molar-refractivity contribution in [3.63, 3.8) is 0 Å². The van der Waals surface area contributed by atoms with Crippen LogP contribution in [0.4, 0.5) is 5.82 Å². The molecule has 1 N–H and O–H groups in total. The van der Waals surface area contributed by atoms with E-state index in [1.165, 1.54) is 0 Å². The zero-order valence-corrected chi connectivity index (χ0v) is 13.1. The summed E-state index contributed by atoms with van der Waals surface area (Å²) in [4.78, 5) is 13.9. The third-order valence-corrected chi connectivity index (χ3v) is 4.08. The molecule has 2 unspecified atom stereocenters. The molecule has 1 fully saturated rings. The lowest BCUT2D eigenvalue weighted by Crippen LogP contribution is -2.54. The molecule has 0 aliphatic carbocycles. The van der Waals surface area contributed by atoms with E-state index in [0.29, 0.717) is 12.1 Å². The molecule has 0 aromatic carbocycles. The number of nitrogens with one attached hydrogen (secondary N) is 1. The van der Waals surface area contributed by atoms with Crippen LogP contribution in [0.1, 0.15) is 32.9 Å². The first-order valence-electron chi connectivity index (χ1n) is 7.59. The van der Waals surface area contributed by atoms with Crippen molar-refractivity contribution in [1.29, 1.82) is 0 Å². The van der Waals surface area contributed by atoms with Crippen LogP contribution in [0.15, 0.2) is 12.4 Å². The molecule has 112 valence electrons. The van der Waals surface area contributed by atoms with Gasteiger partial charge < -0.3 is 5.32 Å². The molecule has 2 heterocycles. The maximum absolute atomic E-state index is 4.51. The molecule has 0 radical (unpaired) electrons. The van der Waals surface area contributed by atoms with Crippen LogP contribution >= 0.6 is 0 Å². The summed E-state index contributed by atoms with van der Waals surface area (Å²) in [6, 6.07) is 1.19. The average molecular weight is 277 g/mol. The fraction of sp³-hybridized carbons (Fsp3) is 0.733. The lowest BCUT2D eigenvalue weighted by Gasteiger charge is -2.42. The fourth-order valence-electron chi connectivity index (χ4n) is 2.65. The minimum atomic E-state index is 0.595. The van der Waals surface area contributed by atoms with Gasteiger partial charge in [-0.2, -0.15) is 0 Å². The number of piperazine rings is 1. The number of likely N-dealkylation sites (N-methyl/N-ethyl adjacent to an activating group) is 1. The highest BCUT2D eigenvalue weighted by molar-refractivity contribution is 5.30. The molecule has 1 aliphatic rings. The Morgan fingerprint density at radius 2 is 1.90 bits per heavy atom. The second kappa shape index (κ2) is 6.99. The van der Waals surface area contributed by atoms with Crippen LogP contribution in [-0.4, -0.2) is 58.5 Å². The summed E-state index contributed by atoms with van der Waals surface area (Å²) in [5.41, 5.74) is 1.05. The summed E-state index contributed by atoms with van der Waals surface area (Å²) in [7, 11) is 2.21. The van der Waals surface area contributed by atoms with E-state index < -0.39 is 0 Å². The molecule has 2 atom stereocenters. The van der Waals surface area contributed by atoms with Crippen molar-refractivity contribution in [3.05, 3.63) is 18.1 Å². The zero-order valence-electron chi connectivity index (χ0n) is 13.1. The highest BCUT2D eigenvalue weighted by Crippen LogP contribution is 2.15. The van der Waals surface area contributed by atoms with E-state index in [4.69, 9.17) is 0 Å². The summed E-state index contributed by atoms with van der Waals surface area (Å²) < 4.78 is 0. The smallest absolute Gasteiger partial charge is 0.144 e. The van der Waals surface area contributed by atoms with E-state index in [1.54, 1.807) is 0 Å². The van der Waals surface area contributed by atoms with Gasteiger partial charge in [-0.25, -0.2) is 4.98 Å². The Balaban J connectivity index is 1.90.